The van der Waals surface area contributed by atoms with Gasteiger partial charge in [0.2, 0.25) is 5.91 Å². The largest absolute Gasteiger partial charge is 0.390 e. The van der Waals surface area contributed by atoms with Crippen LogP contribution in [0.25, 0.3) is 0 Å². The van der Waals surface area contributed by atoms with Crippen molar-refractivity contribution in [2.75, 3.05) is 20.1 Å². The number of hydrogen-bond donors (Lipinski definition) is 2. The Morgan fingerprint density at radius 3 is 2.56 bits per heavy atom. The maximum atomic E-state index is 11.9. The van der Waals surface area contributed by atoms with Crippen LogP contribution in [0.2, 0.25) is 0 Å². The molecule has 1 aliphatic heterocycles. The SMILES string of the molecule is CN(C(=O)CCC(F)(F)F)[C@H]1CNC[C@@H]1O. The fraction of sp³-hybridized carbons (Fsp3) is 0.889. The van der Waals surface area contributed by atoms with Gasteiger partial charge < -0.3 is 15.3 Å². The van der Waals surface area contributed by atoms with E-state index in [2.05, 4.69) is 5.32 Å². The number of hydrogen-bond acceptors (Lipinski definition) is 3. The normalized spacial score (nSPS) is 25.8. The summed E-state index contributed by atoms with van der Waals surface area (Å²) in [6, 6.07) is -0.430. The lowest BCUT2D eigenvalue weighted by Gasteiger charge is -2.26. The van der Waals surface area contributed by atoms with Crippen molar-refractivity contribution in [3.8, 4) is 0 Å². The molecule has 16 heavy (non-hydrogen) atoms. The quantitative estimate of drug-likeness (QED) is 0.736. The third-order valence-electron chi connectivity index (χ3n) is 2.66. The number of nitrogens with zero attached hydrogens (tertiary/aromatic N) is 1. The van der Waals surface area contributed by atoms with E-state index in [0.717, 1.165) is 0 Å². The monoisotopic (exact) mass is 240 g/mol. The van der Waals surface area contributed by atoms with Crippen LogP contribution in [-0.2, 0) is 4.79 Å². The zero-order valence-corrected chi connectivity index (χ0v) is 8.92. The lowest BCUT2D eigenvalue weighted by Crippen LogP contribution is -2.44. The van der Waals surface area contributed by atoms with Crippen molar-refractivity contribution in [3.05, 3.63) is 0 Å². The standard InChI is InChI=1S/C9H15F3N2O2/c1-14(6-4-13-5-7(6)15)8(16)2-3-9(10,11)12/h6-7,13,15H,2-5H2,1H3/t6-,7-/m0/s1. The van der Waals surface area contributed by atoms with Gasteiger partial charge in [0.05, 0.1) is 18.6 Å². The van der Waals surface area contributed by atoms with Gasteiger partial charge in [0.15, 0.2) is 0 Å². The van der Waals surface area contributed by atoms with Gasteiger partial charge in [-0.2, -0.15) is 13.2 Å². The molecule has 1 rings (SSSR count). The summed E-state index contributed by atoms with van der Waals surface area (Å²) >= 11 is 0. The van der Waals surface area contributed by atoms with Gasteiger partial charge in [-0.25, -0.2) is 0 Å². The first kappa shape index (κ1) is 13.2. The van der Waals surface area contributed by atoms with Crippen LogP contribution in [0, 0.1) is 0 Å². The van der Waals surface area contributed by atoms with E-state index in [0.29, 0.717) is 13.1 Å². The van der Waals surface area contributed by atoms with E-state index in [9.17, 15) is 23.1 Å². The predicted molar refractivity (Wildman–Crippen MR) is 50.7 cm³/mol. The molecular weight excluding hydrogens is 225 g/mol. The molecule has 7 heteroatoms. The Hall–Kier alpha value is -0.820. The Morgan fingerprint density at radius 1 is 1.50 bits per heavy atom. The van der Waals surface area contributed by atoms with Crippen molar-refractivity contribution in [2.24, 2.45) is 0 Å². The molecule has 4 nitrogen and oxygen atoms in total. The summed E-state index contributed by atoms with van der Waals surface area (Å²) in [4.78, 5) is 12.6. The molecule has 2 atom stereocenters. The minimum absolute atomic E-state index is 0.363. The Bertz CT molecular complexity index is 258. The molecule has 94 valence electrons. The molecule has 0 radical (unpaired) electrons. The number of rotatable bonds is 3. The molecule has 1 amide bonds. The van der Waals surface area contributed by atoms with Crippen LogP contribution in [0.1, 0.15) is 12.8 Å². The molecule has 0 aromatic heterocycles. The minimum atomic E-state index is -4.32. The topological polar surface area (TPSA) is 52.6 Å². The number of aliphatic hydroxyl groups excluding tert-OH is 1. The molecule has 1 fully saturated rings. The second-order valence-electron chi connectivity index (χ2n) is 3.91. The fourth-order valence-corrected chi connectivity index (χ4v) is 1.66. The van der Waals surface area contributed by atoms with Gasteiger partial charge >= 0.3 is 6.18 Å². The number of halogens is 3. The molecule has 0 spiro atoms. The van der Waals surface area contributed by atoms with Crippen molar-refractivity contribution < 1.29 is 23.1 Å². The number of amides is 1. The first-order chi connectivity index (χ1) is 7.31. The second kappa shape index (κ2) is 5.01. The number of β-amino-alcohol motifs (C(OH)–C–C–N with tert-alkyl or cyclic N) is 1. The first-order valence-corrected chi connectivity index (χ1v) is 5.02. The first-order valence-electron chi connectivity index (χ1n) is 5.02. The molecular formula is C9H15F3N2O2. The van der Waals surface area contributed by atoms with E-state index in [1.54, 1.807) is 0 Å². The maximum absolute atomic E-state index is 11.9. The van der Waals surface area contributed by atoms with Crippen LogP contribution in [0.4, 0.5) is 13.2 Å². The number of carbonyl (C=O) groups is 1. The van der Waals surface area contributed by atoms with E-state index in [4.69, 9.17) is 0 Å². The second-order valence-corrected chi connectivity index (χ2v) is 3.91. The zero-order valence-electron chi connectivity index (χ0n) is 8.92. The Balaban J connectivity index is 2.41. The highest BCUT2D eigenvalue weighted by atomic mass is 19.4. The highest BCUT2D eigenvalue weighted by Gasteiger charge is 2.33. The molecule has 2 N–H and O–H groups in total. The van der Waals surface area contributed by atoms with Gasteiger partial charge in [0, 0.05) is 26.6 Å². The van der Waals surface area contributed by atoms with E-state index in [1.807, 2.05) is 0 Å². The Kier molecular flexibility index (Phi) is 4.15. The maximum Gasteiger partial charge on any atom is 0.389 e. The van der Waals surface area contributed by atoms with E-state index in [1.165, 1.54) is 11.9 Å². The van der Waals surface area contributed by atoms with Gasteiger partial charge in [0.1, 0.15) is 0 Å². The van der Waals surface area contributed by atoms with Gasteiger partial charge in [-0.15, -0.1) is 0 Å². The summed E-state index contributed by atoms with van der Waals surface area (Å²) in [7, 11) is 1.42. The van der Waals surface area contributed by atoms with E-state index < -0.39 is 37.1 Å². The van der Waals surface area contributed by atoms with Crippen molar-refractivity contribution in [2.45, 2.75) is 31.2 Å². The molecule has 0 aromatic carbocycles. The zero-order chi connectivity index (χ0) is 12.3. The molecule has 0 saturated carbocycles. The van der Waals surface area contributed by atoms with E-state index >= 15 is 0 Å². The smallest absolute Gasteiger partial charge is 0.389 e. The van der Waals surface area contributed by atoms with Crippen molar-refractivity contribution >= 4 is 5.91 Å². The molecule has 1 heterocycles. The summed E-state index contributed by atoms with van der Waals surface area (Å²) in [5.41, 5.74) is 0. The lowest BCUT2D eigenvalue weighted by molar-refractivity contribution is -0.150. The average Bonchev–Trinajstić information content (AvgIpc) is 2.58. The van der Waals surface area contributed by atoms with Crippen LogP contribution in [0.15, 0.2) is 0 Å². The Morgan fingerprint density at radius 2 is 2.12 bits per heavy atom. The van der Waals surface area contributed by atoms with Gasteiger partial charge in [-0.1, -0.05) is 0 Å². The van der Waals surface area contributed by atoms with Crippen molar-refractivity contribution in [3.63, 3.8) is 0 Å². The number of aliphatic hydroxyl groups is 1. The van der Waals surface area contributed by atoms with Crippen molar-refractivity contribution in [1.82, 2.24) is 10.2 Å². The van der Waals surface area contributed by atoms with Gasteiger partial charge in [-0.3, -0.25) is 4.79 Å². The average molecular weight is 240 g/mol. The summed E-state index contributed by atoms with van der Waals surface area (Å²) in [5, 5.41) is 12.3. The Labute approximate surface area is 91.4 Å². The summed E-state index contributed by atoms with van der Waals surface area (Å²) < 4.78 is 35.7. The summed E-state index contributed by atoms with van der Waals surface area (Å²) in [6.07, 6.45) is -6.71. The molecule has 0 aromatic rings. The highest BCUT2D eigenvalue weighted by Crippen LogP contribution is 2.22. The van der Waals surface area contributed by atoms with E-state index in [-0.39, 0.29) is 0 Å². The number of nitrogens with one attached hydrogen (secondary N) is 1. The minimum Gasteiger partial charge on any atom is -0.390 e. The third kappa shape index (κ3) is 3.64. The predicted octanol–water partition coefficient (Wildman–Crippen LogP) is 0.120. The van der Waals surface area contributed by atoms with Crippen LogP contribution >= 0.6 is 0 Å². The van der Waals surface area contributed by atoms with Crippen LogP contribution < -0.4 is 5.32 Å². The summed E-state index contributed by atoms with van der Waals surface area (Å²) in [5.74, 6) is -0.593. The number of alkyl halides is 3. The third-order valence-corrected chi connectivity index (χ3v) is 2.66. The van der Waals surface area contributed by atoms with Crippen LogP contribution in [0.5, 0.6) is 0 Å². The fourth-order valence-electron chi connectivity index (χ4n) is 1.66. The summed E-state index contributed by atoms with van der Waals surface area (Å²) in [6.45, 7) is 0.775. The molecule has 0 aliphatic carbocycles. The molecule has 0 bridgehead atoms. The lowest BCUT2D eigenvalue weighted by atomic mass is 10.1. The van der Waals surface area contributed by atoms with Crippen molar-refractivity contribution in [1.29, 1.82) is 0 Å². The van der Waals surface area contributed by atoms with Gasteiger partial charge in [0.25, 0.3) is 0 Å². The number of carbonyl (C=O) groups excluding carboxylic acids is 1. The molecule has 0 unspecified atom stereocenters. The van der Waals surface area contributed by atoms with Crippen LogP contribution in [-0.4, -0.2) is 54.4 Å². The van der Waals surface area contributed by atoms with Crippen LogP contribution in [0.3, 0.4) is 0 Å². The molecule has 1 aliphatic rings. The van der Waals surface area contributed by atoms with Gasteiger partial charge in [-0.05, 0) is 0 Å². The highest BCUT2D eigenvalue weighted by molar-refractivity contribution is 5.76. The number of likely N-dealkylation sites (N-methyl/N-ethyl adjacent to an activating group) is 1. The molecule has 1 saturated heterocycles.